The lowest BCUT2D eigenvalue weighted by Crippen LogP contribution is -2.33. The van der Waals surface area contributed by atoms with Crippen molar-refractivity contribution in [2.75, 3.05) is 4.90 Å². The smallest absolute Gasteiger partial charge is 0.259 e. The maximum atomic E-state index is 13.6. The number of Topliss-reactive ketones (excluding diaryl/α,β-unsaturated/α-hetero) is 1. The number of anilines is 1. The fourth-order valence-corrected chi connectivity index (χ4v) is 3.80. The lowest BCUT2D eigenvalue weighted by atomic mass is 9.91. The molecule has 3 aromatic carbocycles. The van der Waals surface area contributed by atoms with Gasteiger partial charge in [-0.15, -0.1) is 0 Å². The number of aromatic hydroxyl groups is 1. The van der Waals surface area contributed by atoms with Crippen LogP contribution in [0.1, 0.15) is 49.0 Å². The molecule has 0 spiro atoms. The van der Waals surface area contributed by atoms with Crippen molar-refractivity contribution in [1.82, 2.24) is 0 Å². The Hall–Kier alpha value is -3.40. The number of nitrogens with zero attached hydrogens (tertiary/aromatic N) is 1. The van der Waals surface area contributed by atoms with Gasteiger partial charge in [0.15, 0.2) is 5.78 Å². The first-order valence-electron chi connectivity index (χ1n) is 9.22. The molecule has 1 heterocycles. The van der Waals surface area contributed by atoms with Gasteiger partial charge in [-0.25, -0.2) is 0 Å². The summed E-state index contributed by atoms with van der Waals surface area (Å²) in [5.74, 6) is -0.547. The van der Waals surface area contributed by atoms with E-state index in [1.807, 2.05) is 57.2 Å². The number of hydrogen-bond donors (Lipinski definition) is 1. The standard InChI is InChI=1S/C24H21NO3/c1-14-8-11-17(12-9-14)25-22(18-6-4-5-7-19(18)24(25)28)23(27)21-16(3)15(2)10-13-20(21)26/h4-13,22,26H,1-3H3/t22-/m1/s1. The molecule has 1 amide bonds. The lowest BCUT2D eigenvalue weighted by Gasteiger charge is -2.25. The van der Waals surface area contributed by atoms with Crippen molar-refractivity contribution in [2.24, 2.45) is 0 Å². The number of fused-ring (bicyclic) bond motifs is 1. The van der Waals surface area contributed by atoms with Crippen molar-refractivity contribution in [1.29, 1.82) is 0 Å². The molecule has 0 aromatic heterocycles. The van der Waals surface area contributed by atoms with Crippen molar-refractivity contribution >= 4 is 17.4 Å². The van der Waals surface area contributed by atoms with Gasteiger partial charge in [-0.2, -0.15) is 0 Å². The van der Waals surface area contributed by atoms with Crippen molar-refractivity contribution in [2.45, 2.75) is 26.8 Å². The molecule has 0 unspecified atom stereocenters. The second-order valence-electron chi connectivity index (χ2n) is 7.27. The van der Waals surface area contributed by atoms with Gasteiger partial charge >= 0.3 is 0 Å². The van der Waals surface area contributed by atoms with E-state index in [0.29, 0.717) is 16.8 Å². The first-order chi connectivity index (χ1) is 13.4. The molecular weight excluding hydrogens is 350 g/mol. The molecule has 0 saturated heterocycles. The van der Waals surface area contributed by atoms with Crippen LogP contribution in [0.25, 0.3) is 0 Å². The van der Waals surface area contributed by atoms with Gasteiger partial charge in [0, 0.05) is 11.3 Å². The summed E-state index contributed by atoms with van der Waals surface area (Å²) >= 11 is 0. The minimum atomic E-state index is -0.808. The zero-order valence-corrected chi connectivity index (χ0v) is 16.1. The van der Waals surface area contributed by atoms with E-state index < -0.39 is 6.04 Å². The Morgan fingerprint density at radius 3 is 2.32 bits per heavy atom. The summed E-state index contributed by atoms with van der Waals surface area (Å²) < 4.78 is 0. The van der Waals surface area contributed by atoms with Crippen LogP contribution in [0, 0.1) is 20.8 Å². The molecule has 0 radical (unpaired) electrons. The van der Waals surface area contributed by atoms with E-state index in [1.54, 1.807) is 18.2 Å². The third kappa shape index (κ3) is 2.69. The van der Waals surface area contributed by atoms with Gasteiger partial charge in [0.1, 0.15) is 11.8 Å². The quantitative estimate of drug-likeness (QED) is 0.666. The molecule has 0 fully saturated rings. The van der Waals surface area contributed by atoms with Crippen LogP contribution >= 0.6 is 0 Å². The number of amides is 1. The number of rotatable bonds is 3. The first kappa shape index (κ1) is 18.0. The maximum Gasteiger partial charge on any atom is 0.259 e. The molecule has 1 atom stereocenters. The van der Waals surface area contributed by atoms with Gasteiger partial charge in [0.25, 0.3) is 5.91 Å². The first-order valence-corrected chi connectivity index (χ1v) is 9.22. The number of carbonyl (C=O) groups is 2. The Bertz CT molecular complexity index is 1100. The van der Waals surface area contributed by atoms with Crippen LogP contribution in [0.4, 0.5) is 5.69 Å². The highest BCUT2D eigenvalue weighted by atomic mass is 16.3. The molecule has 0 aliphatic carbocycles. The van der Waals surface area contributed by atoms with E-state index in [4.69, 9.17) is 0 Å². The SMILES string of the molecule is Cc1ccc(N2C(=O)c3ccccc3[C@@H]2C(=O)c2c(O)ccc(C)c2C)cc1. The van der Waals surface area contributed by atoms with Gasteiger partial charge < -0.3 is 5.11 Å². The van der Waals surface area contributed by atoms with E-state index >= 15 is 0 Å². The van der Waals surface area contributed by atoms with Crippen LogP contribution in [0.15, 0.2) is 60.7 Å². The number of carbonyl (C=O) groups excluding carboxylic acids is 2. The normalized spacial score (nSPS) is 15.6. The predicted molar refractivity (Wildman–Crippen MR) is 109 cm³/mol. The van der Waals surface area contributed by atoms with E-state index in [2.05, 4.69) is 0 Å². The predicted octanol–water partition coefficient (Wildman–Crippen LogP) is 4.90. The third-order valence-electron chi connectivity index (χ3n) is 5.48. The minimum absolute atomic E-state index is 0.0613. The zero-order chi connectivity index (χ0) is 20.0. The molecular formula is C24H21NO3. The largest absolute Gasteiger partial charge is 0.507 e. The second kappa shape index (κ2) is 6.64. The molecule has 0 bridgehead atoms. The molecule has 3 aromatic rings. The highest BCUT2D eigenvalue weighted by Gasteiger charge is 2.43. The molecule has 1 aliphatic heterocycles. The summed E-state index contributed by atoms with van der Waals surface area (Å²) in [6, 6.07) is 17.2. The molecule has 28 heavy (non-hydrogen) atoms. The van der Waals surface area contributed by atoms with Crippen LogP contribution in [0.3, 0.4) is 0 Å². The van der Waals surface area contributed by atoms with Crippen LogP contribution in [-0.4, -0.2) is 16.8 Å². The number of aryl methyl sites for hydroxylation is 2. The maximum absolute atomic E-state index is 13.6. The van der Waals surface area contributed by atoms with E-state index in [1.165, 1.54) is 11.0 Å². The van der Waals surface area contributed by atoms with E-state index in [0.717, 1.165) is 16.7 Å². The summed E-state index contributed by atoms with van der Waals surface area (Å²) in [5, 5.41) is 10.4. The van der Waals surface area contributed by atoms with Gasteiger partial charge in [0.05, 0.1) is 5.56 Å². The van der Waals surface area contributed by atoms with E-state index in [-0.39, 0.29) is 23.0 Å². The molecule has 0 saturated carbocycles. The van der Waals surface area contributed by atoms with Crippen LogP contribution in [0.5, 0.6) is 5.75 Å². The Kier molecular flexibility index (Phi) is 4.27. The average molecular weight is 371 g/mol. The average Bonchev–Trinajstić information content (AvgIpc) is 2.98. The molecule has 4 rings (SSSR count). The Balaban J connectivity index is 1.91. The number of phenols is 1. The zero-order valence-electron chi connectivity index (χ0n) is 16.1. The van der Waals surface area contributed by atoms with Gasteiger partial charge in [-0.1, -0.05) is 42.0 Å². The monoisotopic (exact) mass is 371 g/mol. The summed E-state index contributed by atoms with van der Waals surface area (Å²) in [5.41, 5.74) is 4.83. The number of benzene rings is 3. The van der Waals surface area contributed by atoms with Gasteiger partial charge in [-0.3, -0.25) is 14.5 Å². The Labute approximate surface area is 164 Å². The number of phenolic OH excluding ortho intramolecular Hbond substituents is 1. The van der Waals surface area contributed by atoms with Crippen molar-refractivity contribution in [3.63, 3.8) is 0 Å². The second-order valence-corrected chi connectivity index (χ2v) is 7.27. The highest BCUT2D eigenvalue weighted by Crippen LogP contribution is 2.41. The Morgan fingerprint density at radius 1 is 0.929 bits per heavy atom. The van der Waals surface area contributed by atoms with Crippen molar-refractivity contribution < 1.29 is 14.7 Å². The number of hydrogen-bond acceptors (Lipinski definition) is 3. The highest BCUT2D eigenvalue weighted by molar-refractivity contribution is 6.19. The minimum Gasteiger partial charge on any atom is -0.507 e. The lowest BCUT2D eigenvalue weighted by molar-refractivity contribution is 0.0914. The van der Waals surface area contributed by atoms with Crippen molar-refractivity contribution in [3.8, 4) is 5.75 Å². The van der Waals surface area contributed by atoms with Gasteiger partial charge in [-0.05, 0) is 61.7 Å². The molecule has 4 heteroatoms. The molecule has 1 N–H and O–H groups in total. The summed E-state index contributed by atoms with van der Waals surface area (Å²) in [7, 11) is 0. The molecule has 4 nitrogen and oxygen atoms in total. The van der Waals surface area contributed by atoms with Crippen molar-refractivity contribution in [3.05, 3.63) is 94.0 Å². The molecule has 1 aliphatic rings. The summed E-state index contributed by atoms with van der Waals surface area (Å²) in [6.07, 6.45) is 0. The summed E-state index contributed by atoms with van der Waals surface area (Å²) in [4.78, 5) is 28.4. The van der Waals surface area contributed by atoms with E-state index in [9.17, 15) is 14.7 Å². The Morgan fingerprint density at radius 2 is 1.61 bits per heavy atom. The molecule has 140 valence electrons. The van der Waals surface area contributed by atoms with Crippen LogP contribution < -0.4 is 4.90 Å². The van der Waals surface area contributed by atoms with Gasteiger partial charge in [0.2, 0.25) is 0 Å². The number of ketones is 1. The third-order valence-corrected chi connectivity index (χ3v) is 5.48. The van der Waals surface area contributed by atoms with Crippen LogP contribution in [0.2, 0.25) is 0 Å². The topological polar surface area (TPSA) is 57.6 Å². The fourth-order valence-electron chi connectivity index (χ4n) is 3.80. The summed E-state index contributed by atoms with van der Waals surface area (Å²) in [6.45, 7) is 5.69. The fraction of sp³-hybridized carbons (Fsp3) is 0.167. The van der Waals surface area contributed by atoms with Crippen LogP contribution in [-0.2, 0) is 0 Å².